The van der Waals surface area contributed by atoms with Crippen molar-refractivity contribution in [1.82, 2.24) is 0 Å². The quantitative estimate of drug-likeness (QED) is 0.392. The Kier molecular flexibility index (Phi) is 8.39. The second-order valence-corrected chi connectivity index (χ2v) is 5.00. The molecule has 0 amide bonds. The van der Waals surface area contributed by atoms with E-state index < -0.39 is 17.9 Å². The maximum Gasteiger partial charge on any atom is 0.320 e. The molecular weight excluding hydrogens is 312 g/mol. The third kappa shape index (κ3) is 5.30. The van der Waals surface area contributed by atoms with Crippen molar-refractivity contribution in [2.24, 2.45) is 5.92 Å². The molecule has 0 aliphatic carbocycles. The molecule has 0 heterocycles. The summed E-state index contributed by atoms with van der Waals surface area (Å²) in [6.45, 7) is 0. The van der Waals surface area contributed by atoms with Crippen LogP contribution in [-0.4, -0.2) is 40.4 Å². The summed E-state index contributed by atoms with van der Waals surface area (Å²) in [5.74, 6) is -0.713. The van der Waals surface area contributed by atoms with Crippen molar-refractivity contribution in [2.75, 3.05) is 28.4 Å². The average Bonchev–Trinajstić information content (AvgIpc) is 2.62. The van der Waals surface area contributed by atoms with Crippen molar-refractivity contribution < 1.29 is 28.5 Å². The summed E-state index contributed by atoms with van der Waals surface area (Å²) in [4.78, 5) is 23.1. The lowest BCUT2D eigenvalue weighted by Gasteiger charge is -2.12. The number of hydrogen-bond donors (Lipinski definition) is 0. The minimum absolute atomic E-state index is 0.245. The first-order chi connectivity index (χ1) is 11.6. The second kappa shape index (κ2) is 10.3. The zero-order valence-electron chi connectivity index (χ0n) is 14.5. The fourth-order valence-corrected chi connectivity index (χ4v) is 2.31. The molecule has 0 saturated heterocycles. The number of hydrogen-bond acceptors (Lipinski definition) is 6. The van der Waals surface area contributed by atoms with Crippen LogP contribution in [0.5, 0.6) is 11.5 Å². The Morgan fingerprint density at radius 3 is 2.21 bits per heavy atom. The fourth-order valence-electron chi connectivity index (χ4n) is 2.31. The zero-order chi connectivity index (χ0) is 17.9. The Bertz CT molecular complexity index is 563. The molecule has 1 aromatic rings. The van der Waals surface area contributed by atoms with Gasteiger partial charge < -0.3 is 18.9 Å². The smallest absolute Gasteiger partial charge is 0.320 e. The monoisotopic (exact) mass is 336 g/mol. The average molecular weight is 336 g/mol. The molecular formula is C18H24O6. The minimum atomic E-state index is -0.928. The van der Waals surface area contributed by atoms with Gasteiger partial charge in [0, 0.05) is 0 Å². The molecule has 0 unspecified atom stereocenters. The van der Waals surface area contributed by atoms with Crippen LogP contribution in [0.1, 0.15) is 18.4 Å². The van der Waals surface area contributed by atoms with Crippen LogP contribution in [0, 0.1) is 5.92 Å². The van der Waals surface area contributed by atoms with Gasteiger partial charge in [-0.2, -0.15) is 0 Å². The van der Waals surface area contributed by atoms with Crippen molar-refractivity contribution in [3.05, 3.63) is 35.9 Å². The lowest BCUT2D eigenvalue weighted by Crippen LogP contribution is -2.25. The molecule has 132 valence electrons. The summed E-state index contributed by atoms with van der Waals surface area (Å²) in [6.07, 6.45) is 5.42. The van der Waals surface area contributed by atoms with Crippen LogP contribution in [0.2, 0.25) is 0 Å². The van der Waals surface area contributed by atoms with E-state index in [0.717, 1.165) is 24.2 Å². The van der Waals surface area contributed by atoms with Crippen molar-refractivity contribution in [2.45, 2.75) is 19.3 Å². The van der Waals surface area contributed by atoms with E-state index in [-0.39, 0.29) is 6.42 Å². The summed E-state index contributed by atoms with van der Waals surface area (Å²) in [7, 11) is 5.70. The van der Waals surface area contributed by atoms with E-state index in [4.69, 9.17) is 9.47 Å². The van der Waals surface area contributed by atoms with Gasteiger partial charge in [-0.15, -0.1) is 0 Å². The minimum Gasteiger partial charge on any atom is -0.493 e. The van der Waals surface area contributed by atoms with Gasteiger partial charge in [0.25, 0.3) is 0 Å². The van der Waals surface area contributed by atoms with Crippen LogP contribution in [0.4, 0.5) is 0 Å². The summed E-state index contributed by atoms with van der Waals surface area (Å²) >= 11 is 0. The molecule has 0 atom stereocenters. The summed E-state index contributed by atoms with van der Waals surface area (Å²) < 4.78 is 19.9. The van der Waals surface area contributed by atoms with Crippen LogP contribution < -0.4 is 9.47 Å². The first-order valence-corrected chi connectivity index (χ1v) is 7.59. The van der Waals surface area contributed by atoms with Gasteiger partial charge in [0.1, 0.15) is 0 Å². The highest BCUT2D eigenvalue weighted by molar-refractivity contribution is 5.94. The Labute approximate surface area is 142 Å². The number of rotatable bonds is 9. The van der Waals surface area contributed by atoms with Gasteiger partial charge in [-0.05, 0) is 30.9 Å². The van der Waals surface area contributed by atoms with E-state index in [1.165, 1.54) is 14.2 Å². The molecule has 1 rings (SSSR count). The van der Waals surface area contributed by atoms with E-state index >= 15 is 0 Å². The van der Waals surface area contributed by atoms with Crippen molar-refractivity contribution in [3.63, 3.8) is 0 Å². The number of benzene rings is 1. The molecule has 0 aromatic heterocycles. The molecule has 0 N–H and O–H groups in total. The summed E-state index contributed by atoms with van der Waals surface area (Å²) in [5.41, 5.74) is 1.03. The van der Waals surface area contributed by atoms with E-state index in [1.807, 2.05) is 24.3 Å². The molecule has 0 spiro atoms. The predicted molar refractivity (Wildman–Crippen MR) is 89.1 cm³/mol. The molecule has 0 saturated carbocycles. The highest BCUT2D eigenvalue weighted by Gasteiger charge is 2.26. The molecule has 0 fully saturated rings. The van der Waals surface area contributed by atoms with Crippen LogP contribution in [0.25, 0.3) is 0 Å². The Hall–Kier alpha value is -2.50. The van der Waals surface area contributed by atoms with Gasteiger partial charge in [0.05, 0.1) is 28.4 Å². The van der Waals surface area contributed by atoms with Crippen LogP contribution in [-0.2, 0) is 25.5 Å². The summed E-state index contributed by atoms with van der Waals surface area (Å²) in [6, 6.07) is 5.72. The van der Waals surface area contributed by atoms with E-state index in [2.05, 4.69) is 9.47 Å². The molecule has 24 heavy (non-hydrogen) atoms. The second-order valence-electron chi connectivity index (χ2n) is 5.00. The van der Waals surface area contributed by atoms with Gasteiger partial charge >= 0.3 is 11.9 Å². The largest absolute Gasteiger partial charge is 0.493 e. The first kappa shape index (κ1) is 19.5. The maximum absolute atomic E-state index is 11.6. The van der Waals surface area contributed by atoms with E-state index in [1.54, 1.807) is 20.3 Å². The molecule has 0 bridgehead atoms. The molecule has 6 nitrogen and oxygen atoms in total. The van der Waals surface area contributed by atoms with Gasteiger partial charge in [0.15, 0.2) is 17.4 Å². The van der Waals surface area contributed by atoms with Gasteiger partial charge in [0.2, 0.25) is 0 Å². The normalized spacial score (nSPS) is 10.7. The molecule has 0 aliphatic heterocycles. The predicted octanol–water partition coefficient (Wildman–Crippen LogP) is 2.54. The van der Waals surface area contributed by atoms with Crippen molar-refractivity contribution >= 4 is 11.9 Å². The number of carbonyl (C=O) groups is 2. The Morgan fingerprint density at radius 2 is 1.67 bits per heavy atom. The van der Waals surface area contributed by atoms with Gasteiger partial charge in [-0.25, -0.2) is 0 Å². The van der Waals surface area contributed by atoms with E-state index in [0.29, 0.717) is 5.75 Å². The highest BCUT2D eigenvalue weighted by atomic mass is 16.5. The molecule has 0 radical (unpaired) electrons. The third-order valence-electron chi connectivity index (χ3n) is 3.57. The number of para-hydroxylation sites is 1. The lowest BCUT2D eigenvalue weighted by molar-refractivity contribution is -0.158. The highest BCUT2D eigenvalue weighted by Crippen LogP contribution is 2.31. The fraction of sp³-hybridized carbons (Fsp3) is 0.444. The number of allylic oxidation sites excluding steroid dienone is 2. The SMILES string of the molecule is COC(=O)C(C/C=C/CCc1cccc(OC)c1OC)C(=O)OC. The molecule has 1 aromatic carbocycles. The topological polar surface area (TPSA) is 71.1 Å². The Balaban J connectivity index is 2.62. The van der Waals surface area contributed by atoms with Crippen molar-refractivity contribution in [3.8, 4) is 11.5 Å². The number of ether oxygens (including phenoxy) is 4. The number of carbonyl (C=O) groups excluding carboxylic acids is 2. The number of aryl methyl sites for hydroxylation is 1. The summed E-state index contributed by atoms with van der Waals surface area (Å²) in [5, 5.41) is 0. The molecule has 6 heteroatoms. The van der Waals surface area contributed by atoms with Crippen LogP contribution >= 0.6 is 0 Å². The Morgan fingerprint density at radius 1 is 1.00 bits per heavy atom. The van der Waals surface area contributed by atoms with E-state index in [9.17, 15) is 9.59 Å². The lowest BCUT2D eigenvalue weighted by atomic mass is 10.0. The first-order valence-electron chi connectivity index (χ1n) is 7.59. The maximum atomic E-state index is 11.6. The third-order valence-corrected chi connectivity index (χ3v) is 3.57. The number of methoxy groups -OCH3 is 4. The zero-order valence-corrected chi connectivity index (χ0v) is 14.5. The van der Waals surface area contributed by atoms with Crippen LogP contribution in [0.15, 0.2) is 30.4 Å². The van der Waals surface area contributed by atoms with Gasteiger partial charge in [-0.1, -0.05) is 24.3 Å². The van der Waals surface area contributed by atoms with Gasteiger partial charge in [-0.3, -0.25) is 9.59 Å². The standard InChI is InChI=1S/C18H24O6/c1-21-15-12-8-10-13(16(15)22-2)9-6-5-7-11-14(17(19)23-3)18(20)24-4/h5,7-8,10,12,14H,6,9,11H2,1-4H3/b7-5+. The number of esters is 2. The van der Waals surface area contributed by atoms with Crippen LogP contribution in [0.3, 0.4) is 0 Å². The van der Waals surface area contributed by atoms with Crippen molar-refractivity contribution in [1.29, 1.82) is 0 Å². The molecule has 0 aliphatic rings.